The Bertz CT molecular complexity index is 594. The molecule has 0 N–H and O–H groups in total. The Morgan fingerprint density at radius 2 is 1.19 bits per heavy atom. The van der Waals surface area contributed by atoms with Crippen LogP contribution in [0.3, 0.4) is 0 Å². The molecule has 0 amide bonds. The fourth-order valence-electron chi connectivity index (χ4n) is 1.25. The van der Waals surface area contributed by atoms with Gasteiger partial charge in [0.15, 0.2) is 11.6 Å². The molecule has 0 aliphatic heterocycles. The molecule has 0 bridgehead atoms. The van der Waals surface area contributed by atoms with Gasteiger partial charge in [-0.25, -0.2) is 4.98 Å². The van der Waals surface area contributed by atoms with Crippen molar-refractivity contribution in [2.24, 2.45) is 0 Å². The minimum atomic E-state index is -1.91. The van der Waals surface area contributed by atoms with Crippen LogP contribution in [0.25, 0.3) is 0 Å². The maximum Gasteiger partial charge on any atom is 0.325 e. The highest BCUT2D eigenvalue weighted by Gasteiger charge is 2.34. The molecule has 0 saturated carbocycles. The van der Waals surface area contributed by atoms with Gasteiger partial charge in [0.05, 0.1) is 0 Å². The van der Waals surface area contributed by atoms with Crippen LogP contribution in [-0.2, 0) is 7.59 Å². The van der Waals surface area contributed by atoms with Crippen molar-refractivity contribution in [3.8, 4) is 11.8 Å². The van der Waals surface area contributed by atoms with E-state index in [0.29, 0.717) is 5.75 Å². The Hall–Kier alpha value is -0.230. The molecule has 2 rings (SSSR count). The van der Waals surface area contributed by atoms with Crippen molar-refractivity contribution in [3.05, 3.63) is 42.0 Å². The molecule has 112 valence electrons. The molecule has 0 spiro atoms. The van der Waals surface area contributed by atoms with E-state index in [2.05, 4.69) is 15.0 Å². The second kappa shape index (κ2) is 6.49. The van der Waals surface area contributed by atoms with Gasteiger partial charge in [-0.3, -0.25) is 0 Å². The first kappa shape index (κ1) is 17.1. The number of hydrogen-bond acceptors (Lipinski definition) is 4. The summed E-state index contributed by atoms with van der Waals surface area (Å²) >= 11 is 34.5. The number of nitrogens with zero attached hydrogens (tertiary/aromatic N) is 3. The van der Waals surface area contributed by atoms with Gasteiger partial charge in [-0.05, 0) is 12.1 Å². The molecule has 2 aromatic rings. The van der Waals surface area contributed by atoms with Crippen molar-refractivity contribution in [2.45, 2.75) is 7.59 Å². The zero-order chi connectivity index (χ0) is 15.7. The molecule has 10 heteroatoms. The first-order valence-corrected chi connectivity index (χ1v) is 7.56. The minimum absolute atomic E-state index is 0.154. The third kappa shape index (κ3) is 4.88. The van der Waals surface area contributed by atoms with Crippen molar-refractivity contribution in [1.29, 1.82) is 0 Å². The van der Waals surface area contributed by atoms with Crippen LogP contribution in [0.4, 0.5) is 0 Å². The Kier molecular flexibility index (Phi) is 5.29. The summed E-state index contributed by atoms with van der Waals surface area (Å²) in [4.78, 5) is 11.6. The summed E-state index contributed by atoms with van der Waals surface area (Å²) in [6.45, 7) is 0. The lowest BCUT2D eigenvalue weighted by atomic mass is 10.3. The third-order valence-electron chi connectivity index (χ3n) is 2.07. The van der Waals surface area contributed by atoms with Crippen molar-refractivity contribution in [1.82, 2.24) is 15.0 Å². The van der Waals surface area contributed by atoms with E-state index in [9.17, 15) is 0 Å². The van der Waals surface area contributed by atoms with E-state index in [-0.39, 0.29) is 17.7 Å². The first-order chi connectivity index (χ1) is 9.66. The number of aromatic nitrogens is 3. The summed E-state index contributed by atoms with van der Waals surface area (Å²) in [6, 6.07) is 8.57. The predicted molar refractivity (Wildman–Crippen MR) is 84.8 cm³/mol. The summed E-state index contributed by atoms with van der Waals surface area (Å²) in [5, 5.41) is 0. The van der Waals surface area contributed by atoms with Crippen LogP contribution in [0.5, 0.6) is 11.8 Å². The van der Waals surface area contributed by atoms with Crippen molar-refractivity contribution in [2.75, 3.05) is 0 Å². The summed E-state index contributed by atoms with van der Waals surface area (Å²) in [5.74, 6) is 0.0405. The Labute approximate surface area is 150 Å². The molecule has 0 aliphatic carbocycles. The molecule has 0 atom stereocenters. The molecule has 1 aromatic carbocycles. The first-order valence-electron chi connectivity index (χ1n) is 5.29. The fraction of sp³-hybridized carbons (Fsp3) is 0.182. The van der Waals surface area contributed by atoms with Crippen LogP contribution >= 0.6 is 69.6 Å². The van der Waals surface area contributed by atoms with Gasteiger partial charge >= 0.3 is 6.01 Å². The van der Waals surface area contributed by atoms with Crippen LogP contribution in [0.2, 0.25) is 0 Å². The number of alkyl halides is 6. The van der Waals surface area contributed by atoms with E-state index in [4.69, 9.17) is 74.3 Å². The highest BCUT2D eigenvalue weighted by Crippen LogP contribution is 2.40. The Balaban J connectivity index is 2.45. The maximum atomic E-state index is 5.75. The summed E-state index contributed by atoms with van der Waals surface area (Å²) in [6.07, 6.45) is 0. The molecule has 0 fully saturated rings. The SMILES string of the molecule is ClC(Cl)(Cl)c1nc(Oc2ccccc2)nc(C(Cl)(Cl)Cl)n1. The molecule has 1 heterocycles. The zero-order valence-electron chi connectivity index (χ0n) is 9.90. The molecule has 4 nitrogen and oxygen atoms in total. The normalized spacial score (nSPS) is 12.3. The van der Waals surface area contributed by atoms with Gasteiger partial charge < -0.3 is 4.74 Å². The average molecular weight is 408 g/mol. The standard InChI is InChI=1S/C11H5Cl6N3O/c12-10(13,14)7-18-8(11(15,16)17)20-9(19-7)21-6-4-2-1-3-5-6/h1-5H. The van der Waals surface area contributed by atoms with Gasteiger partial charge in [-0.2, -0.15) is 9.97 Å². The second-order valence-corrected chi connectivity index (χ2v) is 8.24. The average Bonchev–Trinajstić information content (AvgIpc) is 2.37. The highest BCUT2D eigenvalue weighted by molar-refractivity contribution is 6.67. The van der Waals surface area contributed by atoms with E-state index in [1.807, 2.05) is 6.07 Å². The number of halogens is 6. The summed E-state index contributed by atoms with van der Waals surface area (Å²) in [5.41, 5.74) is 0. The van der Waals surface area contributed by atoms with Gasteiger partial charge in [0.2, 0.25) is 7.59 Å². The van der Waals surface area contributed by atoms with Crippen molar-refractivity contribution in [3.63, 3.8) is 0 Å². The van der Waals surface area contributed by atoms with Crippen LogP contribution in [-0.4, -0.2) is 15.0 Å². The molecular weight excluding hydrogens is 403 g/mol. The fourth-order valence-corrected chi connectivity index (χ4v) is 1.76. The number of ether oxygens (including phenoxy) is 1. The van der Waals surface area contributed by atoms with Gasteiger partial charge in [0.25, 0.3) is 0 Å². The molecule has 0 radical (unpaired) electrons. The predicted octanol–water partition coefficient (Wildman–Crippen LogP) is 5.32. The second-order valence-electron chi connectivity index (χ2n) is 3.68. The van der Waals surface area contributed by atoms with Gasteiger partial charge in [0, 0.05) is 0 Å². The topological polar surface area (TPSA) is 47.9 Å². The van der Waals surface area contributed by atoms with Gasteiger partial charge in [-0.15, -0.1) is 0 Å². The maximum absolute atomic E-state index is 5.75. The minimum Gasteiger partial charge on any atom is -0.424 e. The van der Waals surface area contributed by atoms with Gasteiger partial charge in [0.1, 0.15) is 5.75 Å². The van der Waals surface area contributed by atoms with E-state index in [0.717, 1.165) is 0 Å². The lowest BCUT2D eigenvalue weighted by Gasteiger charge is -2.15. The monoisotopic (exact) mass is 405 g/mol. The summed E-state index contributed by atoms with van der Waals surface area (Å²) in [7, 11) is 0. The zero-order valence-corrected chi connectivity index (χ0v) is 14.4. The van der Waals surface area contributed by atoms with Crippen LogP contribution in [0.15, 0.2) is 30.3 Å². The molecule has 1 aromatic heterocycles. The lowest BCUT2D eigenvalue weighted by molar-refractivity contribution is 0.433. The largest absolute Gasteiger partial charge is 0.424 e. The van der Waals surface area contributed by atoms with E-state index < -0.39 is 7.59 Å². The van der Waals surface area contributed by atoms with E-state index >= 15 is 0 Å². The number of para-hydroxylation sites is 1. The molecule has 21 heavy (non-hydrogen) atoms. The van der Waals surface area contributed by atoms with E-state index in [1.54, 1.807) is 24.3 Å². The number of hydrogen-bond donors (Lipinski definition) is 0. The van der Waals surface area contributed by atoms with Crippen LogP contribution in [0.1, 0.15) is 11.6 Å². The third-order valence-corrected chi connectivity index (χ3v) is 3.09. The number of benzene rings is 1. The molecule has 0 saturated heterocycles. The molecular formula is C11H5Cl6N3O. The van der Waals surface area contributed by atoms with E-state index in [1.165, 1.54) is 0 Å². The molecule has 0 unspecified atom stereocenters. The van der Waals surface area contributed by atoms with Crippen LogP contribution < -0.4 is 4.74 Å². The Morgan fingerprint density at radius 3 is 1.62 bits per heavy atom. The quantitative estimate of drug-likeness (QED) is 0.632. The smallest absolute Gasteiger partial charge is 0.325 e. The van der Waals surface area contributed by atoms with Crippen LogP contribution in [0, 0.1) is 0 Å². The summed E-state index contributed by atoms with van der Waals surface area (Å²) < 4.78 is 1.61. The van der Waals surface area contributed by atoms with Gasteiger partial charge in [-0.1, -0.05) is 87.8 Å². The number of rotatable bonds is 2. The lowest BCUT2D eigenvalue weighted by Crippen LogP contribution is -2.16. The highest BCUT2D eigenvalue weighted by atomic mass is 35.6. The van der Waals surface area contributed by atoms with Crippen molar-refractivity contribution >= 4 is 69.6 Å². The van der Waals surface area contributed by atoms with Crippen molar-refractivity contribution < 1.29 is 4.74 Å². The molecule has 0 aliphatic rings. The Morgan fingerprint density at radius 1 is 0.714 bits per heavy atom.